The highest BCUT2D eigenvalue weighted by Gasteiger charge is 2.19. The highest BCUT2D eigenvalue weighted by atomic mass is 32.2. The Morgan fingerprint density at radius 3 is 2.07 bits per heavy atom. The van der Waals surface area contributed by atoms with Crippen LogP contribution in [0.5, 0.6) is 0 Å². The van der Waals surface area contributed by atoms with Gasteiger partial charge in [0, 0.05) is 12.3 Å². The number of hydrogen-bond acceptors (Lipinski definition) is 5. The Kier molecular flexibility index (Phi) is 5.76. The lowest BCUT2D eigenvalue weighted by Crippen LogP contribution is -2.29. The minimum absolute atomic E-state index is 0.0550. The topological polar surface area (TPSA) is 94.3 Å². The van der Waals surface area contributed by atoms with E-state index in [4.69, 9.17) is 5.73 Å². The van der Waals surface area contributed by atoms with Gasteiger partial charge in [0.15, 0.2) is 9.84 Å². The first-order valence-corrected chi connectivity index (χ1v) is 8.41. The van der Waals surface area contributed by atoms with Gasteiger partial charge in [-0.15, -0.1) is 0 Å². The van der Waals surface area contributed by atoms with Crippen molar-refractivity contribution in [3.05, 3.63) is 0 Å². The molecule has 0 rings (SSSR count). The van der Waals surface area contributed by atoms with Gasteiger partial charge < -0.3 is 5.73 Å². The molecule has 0 spiro atoms. The first-order chi connectivity index (χ1) is 6.75. The third-order valence-electron chi connectivity index (χ3n) is 2.27. The lowest BCUT2D eigenvalue weighted by atomic mass is 10.5. The van der Waals surface area contributed by atoms with Crippen LogP contribution in [0.1, 0.15) is 20.3 Å². The van der Waals surface area contributed by atoms with Crippen LogP contribution in [-0.4, -0.2) is 45.9 Å². The van der Waals surface area contributed by atoms with Gasteiger partial charge in [-0.05, 0) is 13.3 Å². The molecule has 15 heavy (non-hydrogen) atoms. The zero-order valence-electron chi connectivity index (χ0n) is 9.14. The van der Waals surface area contributed by atoms with Crippen molar-refractivity contribution < 1.29 is 16.8 Å². The van der Waals surface area contributed by atoms with Crippen molar-refractivity contribution >= 4 is 19.7 Å². The quantitative estimate of drug-likeness (QED) is 0.668. The van der Waals surface area contributed by atoms with E-state index in [1.165, 1.54) is 6.92 Å². The Hall–Kier alpha value is -0.140. The summed E-state index contributed by atoms with van der Waals surface area (Å²) >= 11 is 0. The molecule has 0 heterocycles. The summed E-state index contributed by atoms with van der Waals surface area (Å²) in [7, 11) is -6.30. The Morgan fingerprint density at radius 1 is 1.13 bits per heavy atom. The predicted octanol–water partition coefficient (Wildman–Crippen LogP) is -0.427. The molecule has 0 saturated carbocycles. The molecular weight excluding hydrogens is 238 g/mol. The molecule has 5 nitrogen and oxygen atoms in total. The average molecular weight is 257 g/mol. The SMILES string of the molecule is CCS(=O)(=O)CCCS(=O)(=O)C(C)CN. The number of sulfone groups is 2. The lowest BCUT2D eigenvalue weighted by Gasteiger charge is -2.09. The highest BCUT2D eigenvalue weighted by Crippen LogP contribution is 2.04. The average Bonchev–Trinajstić information content (AvgIpc) is 2.16. The van der Waals surface area contributed by atoms with Crippen molar-refractivity contribution in [1.29, 1.82) is 0 Å². The van der Waals surface area contributed by atoms with Crippen molar-refractivity contribution in [2.45, 2.75) is 25.5 Å². The zero-order chi connectivity index (χ0) is 12.1. The summed E-state index contributed by atoms with van der Waals surface area (Å²) < 4.78 is 45.1. The predicted molar refractivity (Wildman–Crippen MR) is 61.2 cm³/mol. The molecule has 0 saturated heterocycles. The first-order valence-electron chi connectivity index (χ1n) is 4.87. The van der Waals surface area contributed by atoms with Crippen LogP contribution in [0.2, 0.25) is 0 Å². The molecular formula is C8H19NO4S2. The zero-order valence-corrected chi connectivity index (χ0v) is 10.8. The van der Waals surface area contributed by atoms with Crippen LogP contribution in [0.15, 0.2) is 0 Å². The molecule has 0 aliphatic carbocycles. The van der Waals surface area contributed by atoms with Crippen LogP contribution in [-0.2, 0) is 19.7 Å². The fourth-order valence-corrected chi connectivity index (χ4v) is 3.27. The number of nitrogens with two attached hydrogens (primary N) is 1. The Morgan fingerprint density at radius 2 is 1.67 bits per heavy atom. The Bertz CT molecular complexity index is 371. The second-order valence-electron chi connectivity index (χ2n) is 3.50. The molecule has 1 atom stereocenters. The standard InChI is InChI=1S/C8H19NO4S2/c1-3-14(10,11)5-4-6-15(12,13)8(2)7-9/h8H,3-7,9H2,1-2H3. The normalized spacial score (nSPS) is 15.1. The van der Waals surface area contributed by atoms with Gasteiger partial charge in [0.2, 0.25) is 0 Å². The van der Waals surface area contributed by atoms with Crippen molar-refractivity contribution in [3.63, 3.8) is 0 Å². The van der Waals surface area contributed by atoms with E-state index in [1.807, 2.05) is 0 Å². The summed E-state index contributed by atoms with van der Waals surface area (Å²) in [5.41, 5.74) is 5.24. The van der Waals surface area contributed by atoms with Gasteiger partial charge in [-0.3, -0.25) is 0 Å². The maximum absolute atomic E-state index is 11.5. The molecule has 0 fully saturated rings. The molecule has 2 N–H and O–H groups in total. The number of hydrogen-bond donors (Lipinski definition) is 1. The monoisotopic (exact) mass is 257 g/mol. The fourth-order valence-electron chi connectivity index (χ4n) is 0.972. The van der Waals surface area contributed by atoms with Crippen LogP contribution >= 0.6 is 0 Å². The fraction of sp³-hybridized carbons (Fsp3) is 1.00. The van der Waals surface area contributed by atoms with Gasteiger partial charge >= 0.3 is 0 Å². The van der Waals surface area contributed by atoms with E-state index >= 15 is 0 Å². The smallest absolute Gasteiger partial charge is 0.154 e. The van der Waals surface area contributed by atoms with Crippen LogP contribution in [0.4, 0.5) is 0 Å². The van der Waals surface area contributed by atoms with Crippen LogP contribution in [0.3, 0.4) is 0 Å². The molecule has 0 amide bonds. The maximum Gasteiger partial charge on any atom is 0.154 e. The summed E-state index contributed by atoms with van der Waals surface area (Å²) in [6.45, 7) is 3.15. The molecule has 0 aromatic rings. The summed E-state index contributed by atoms with van der Waals surface area (Å²) in [5, 5.41) is -0.596. The summed E-state index contributed by atoms with van der Waals surface area (Å²) in [6.07, 6.45) is 0.156. The van der Waals surface area contributed by atoms with Gasteiger partial charge in [-0.1, -0.05) is 6.92 Å². The molecule has 0 radical (unpaired) electrons. The van der Waals surface area contributed by atoms with E-state index in [0.717, 1.165) is 0 Å². The third kappa shape index (κ3) is 5.48. The van der Waals surface area contributed by atoms with Crippen molar-refractivity contribution in [2.75, 3.05) is 23.8 Å². The van der Waals surface area contributed by atoms with Crippen LogP contribution in [0, 0.1) is 0 Å². The third-order valence-corrected chi connectivity index (χ3v) is 6.34. The summed E-state index contributed by atoms with van der Waals surface area (Å²) in [4.78, 5) is 0. The molecule has 1 unspecified atom stereocenters. The van der Waals surface area contributed by atoms with E-state index in [-0.39, 0.29) is 30.2 Å². The van der Waals surface area contributed by atoms with E-state index in [0.29, 0.717) is 0 Å². The van der Waals surface area contributed by atoms with Crippen LogP contribution in [0.25, 0.3) is 0 Å². The van der Waals surface area contributed by atoms with Gasteiger partial charge in [0.25, 0.3) is 0 Å². The molecule has 0 aliphatic heterocycles. The second-order valence-corrected chi connectivity index (χ2v) is 8.51. The van der Waals surface area contributed by atoms with Crippen LogP contribution < -0.4 is 5.73 Å². The Labute approximate surface area is 91.9 Å². The van der Waals surface area contributed by atoms with Crippen molar-refractivity contribution in [2.24, 2.45) is 5.73 Å². The second kappa shape index (κ2) is 5.81. The van der Waals surface area contributed by atoms with Gasteiger partial charge in [-0.2, -0.15) is 0 Å². The minimum atomic E-state index is -3.23. The molecule has 0 aromatic carbocycles. The molecule has 0 bridgehead atoms. The van der Waals surface area contributed by atoms with Gasteiger partial charge in [-0.25, -0.2) is 16.8 Å². The molecule has 92 valence electrons. The van der Waals surface area contributed by atoms with E-state index in [2.05, 4.69) is 0 Å². The number of rotatable bonds is 7. The summed E-state index contributed by atoms with van der Waals surface area (Å²) in [5.74, 6) is -0.121. The van der Waals surface area contributed by atoms with E-state index in [9.17, 15) is 16.8 Å². The largest absolute Gasteiger partial charge is 0.329 e. The Balaban J connectivity index is 4.19. The van der Waals surface area contributed by atoms with Crippen molar-refractivity contribution in [3.8, 4) is 0 Å². The molecule has 0 aliphatic rings. The van der Waals surface area contributed by atoms with Gasteiger partial charge in [0.05, 0.1) is 16.8 Å². The van der Waals surface area contributed by atoms with E-state index in [1.54, 1.807) is 6.92 Å². The first kappa shape index (κ1) is 14.9. The minimum Gasteiger partial charge on any atom is -0.329 e. The molecule has 7 heteroatoms. The van der Waals surface area contributed by atoms with Gasteiger partial charge in [0.1, 0.15) is 9.84 Å². The summed E-state index contributed by atoms with van der Waals surface area (Å²) in [6, 6.07) is 0. The molecule has 0 aromatic heterocycles. The highest BCUT2D eigenvalue weighted by molar-refractivity contribution is 7.92. The van der Waals surface area contributed by atoms with E-state index < -0.39 is 24.9 Å². The lowest BCUT2D eigenvalue weighted by molar-refractivity contribution is 0.581. The maximum atomic E-state index is 11.5. The van der Waals surface area contributed by atoms with Crippen molar-refractivity contribution in [1.82, 2.24) is 0 Å².